The van der Waals surface area contributed by atoms with Crippen LogP contribution in [0.1, 0.15) is 5.56 Å². The average molecular weight is 310 g/mol. The first-order valence-electron chi connectivity index (χ1n) is 7.10. The van der Waals surface area contributed by atoms with Gasteiger partial charge in [-0.05, 0) is 30.7 Å². The summed E-state index contributed by atoms with van der Waals surface area (Å²) in [7, 11) is -3.07. The third kappa shape index (κ3) is 2.63. The van der Waals surface area contributed by atoms with Crippen molar-refractivity contribution < 1.29 is 8.96 Å². The highest BCUT2D eigenvalue weighted by Gasteiger charge is 2.29. The highest BCUT2D eigenvalue weighted by molar-refractivity contribution is 7.85. The van der Waals surface area contributed by atoms with Crippen molar-refractivity contribution in [3.05, 3.63) is 90.2 Å². The van der Waals surface area contributed by atoms with E-state index in [0.29, 0.717) is 15.9 Å². The summed E-state index contributed by atoms with van der Waals surface area (Å²) in [6.45, 7) is 1.81. The van der Waals surface area contributed by atoms with E-state index in [1.54, 1.807) is 0 Å². The van der Waals surface area contributed by atoms with E-state index >= 15 is 0 Å². The standard InChI is InChI=1S/C19H16FOP/c1-15-12-16(20)14-19(13-15)22(21,17-8-4-2-5-9-17)18-10-6-3-7-11-18/h2-14H,1H3. The Morgan fingerprint density at radius 1 is 0.727 bits per heavy atom. The van der Waals surface area contributed by atoms with Crippen LogP contribution in [0.25, 0.3) is 0 Å². The van der Waals surface area contributed by atoms with Gasteiger partial charge in [0.1, 0.15) is 5.82 Å². The Morgan fingerprint density at radius 3 is 1.68 bits per heavy atom. The Balaban J connectivity index is 2.31. The van der Waals surface area contributed by atoms with Crippen molar-refractivity contribution in [1.82, 2.24) is 0 Å². The van der Waals surface area contributed by atoms with Gasteiger partial charge in [-0.3, -0.25) is 0 Å². The second kappa shape index (κ2) is 5.90. The molecule has 110 valence electrons. The van der Waals surface area contributed by atoms with Crippen LogP contribution in [0.5, 0.6) is 0 Å². The van der Waals surface area contributed by atoms with Gasteiger partial charge in [0.15, 0.2) is 7.14 Å². The molecule has 0 spiro atoms. The number of rotatable bonds is 3. The van der Waals surface area contributed by atoms with Gasteiger partial charge in [-0.15, -0.1) is 0 Å². The molecule has 0 fully saturated rings. The van der Waals surface area contributed by atoms with Crippen LogP contribution >= 0.6 is 7.14 Å². The van der Waals surface area contributed by atoms with Crippen molar-refractivity contribution in [3.8, 4) is 0 Å². The molecular formula is C19H16FOP. The minimum atomic E-state index is -3.07. The smallest absolute Gasteiger partial charge is 0.171 e. The number of aryl methyl sites for hydroxylation is 1. The fourth-order valence-electron chi connectivity index (χ4n) is 2.62. The van der Waals surface area contributed by atoms with Gasteiger partial charge in [0.25, 0.3) is 0 Å². The quantitative estimate of drug-likeness (QED) is 0.673. The Morgan fingerprint density at radius 2 is 1.23 bits per heavy atom. The Bertz CT molecular complexity index is 765. The van der Waals surface area contributed by atoms with Crippen molar-refractivity contribution in [3.63, 3.8) is 0 Å². The zero-order chi connectivity index (χ0) is 15.6. The van der Waals surface area contributed by atoms with Gasteiger partial charge in [-0.2, -0.15) is 0 Å². The van der Waals surface area contributed by atoms with Crippen LogP contribution in [0.2, 0.25) is 0 Å². The Hall–Kier alpha value is -2.18. The van der Waals surface area contributed by atoms with E-state index in [2.05, 4.69) is 0 Å². The summed E-state index contributed by atoms with van der Waals surface area (Å²) in [4.78, 5) is 0. The zero-order valence-corrected chi connectivity index (χ0v) is 13.1. The van der Waals surface area contributed by atoms with Gasteiger partial charge in [0.05, 0.1) is 0 Å². The fraction of sp³-hybridized carbons (Fsp3) is 0.0526. The van der Waals surface area contributed by atoms with Gasteiger partial charge in [0, 0.05) is 15.9 Å². The number of hydrogen-bond donors (Lipinski definition) is 0. The molecule has 0 aliphatic heterocycles. The van der Waals surface area contributed by atoms with E-state index in [0.717, 1.165) is 5.56 Å². The summed E-state index contributed by atoms with van der Waals surface area (Å²) in [6.07, 6.45) is 0. The van der Waals surface area contributed by atoms with Crippen molar-refractivity contribution in [2.45, 2.75) is 6.92 Å². The molecule has 1 nitrogen and oxygen atoms in total. The summed E-state index contributed by atoms with van der Waals surface area (Å²) in [5.74, 6) is -0.359. The van der Waals surface area contributed by atoms with E-state index in [-0.39, 0.29) is 5.82 Å². The predicted octanol–water partition coefficient (Wildman–Crippen LogP) is 3.77. The summed E-state index contributed by atoms with van der Waals surface area (Å²) in [6, 6.07) is 23.2. The monoisotopic (exact) mass is 310 g/mol. The molecule has 0 bridgehead atoms. The summed E-state index contributed by atoms with van der Waals surface area (Å²) in [5.41, 5.74) is 0.766. The van der Waals surface area contributed by atoms with Crippen LogP contribution in [0.4, 0.5) is 4.39 Å². The van der Waals surface area contributed by atoms with Crippen LogP contribution in [0, 0.1) is 12.7 Å². The molecule has 3 aromatic carbocycles. The lowest BCUT2D eigenvalue weighted by Gasteiger charge is -2.20. The lowest BCUT2D eigenvalue weighted by Crippen LogP contribution is -2.25. The molecule has 0 saturated carbocycles. The van der Waals surface area contributed by atoms with Crippen molar-refractivity contribution in [2.24, 2.45) is 0 Å². The van der Waals surface area contributed by atoms with Gasteiger partial charge in [0.2, 0.25) is 0 Å². The Labute approximate surface area is 129 Å². The maximum atomic E-state index is 14.0. The average Bonchev–Trinajstić information content (AvgIpc) is 2.55. The molecule has 3 heteroatoms. The van der Waals surface area contributed by atoms with Crippen LogP contribution in [-0.2, 0) is 4.57 Å². The number of halogens is 1. The zero-order valence-electron chi connectivity index (χ0n) is 12.2. The van der Waals surface area contributed by atoms with E-state index in [9.17, 15) is 8.96 Å². The van der Waals surface area contributed by atoms with E-state index in [1.165, 1.54) is 12.1 Å². The SMILES string of the molecule is Cc1cc(F)cc(P(=O)(c2ccccc2)c2ccccc2)c1. The second-order valence-corrected chi connectivity index (χ2v) is 8.03. The molecule has 0 unspecified atom stereocenters. The van der Waals surface area contributed by atoms with E-state index in [4.69, 9.17) is 0 Å². The normalized spacial score (nSPS) is 11.4. The maximum Gasteiger partial charge on any atom is 0.171 e. The molecule has 0 N–H and O–H groups in total. The lowest BCUT2D eigenvalue weighted by molar-refractivity contribution is 0.591. The highest BCUT2D eigenvalue weighted by atomic mass is 31.2. The summed E-state index contributed by atoms with van der Waals surface area (Å²) >= 11 is 0. The summed E-state index contributed by atoms with van der Waals surface area (Å²) in [5, 5.41) is 1.96. The maximum absolute atomic E-state index is 14.0. The molecule has 0 aliphatic carbocycles. The molecule has 0 saturated heterocycles. The number of benzene rings is 3. The molecule has 0 aromatic heterocycles. The lowest BCUT2D eigenvalue weighted by atomic mass is 10.2. The first-order chi connectivity index (χ1) is 10.6. The van der Waals surface area contributed by atoms with Crippen LogP contribution in [0.3, 0.4) is 0 Å². The minimum absolute atomic E-state index is 0.359. The first kappa shape index (κ1) is 14.7. The van der Waals surface area contributed by atoms with Crippen LogP contribution in [-0.4, -0.2) is 0 Å². The number of hydrogen-bond acceptors (Lipinski definition) is 1. The molecule has 0 amide bonds. The van der Waals surface area contributed by atoms with Crippen LogP contribution < -0.4 is 15.9 Å². The van der Waals surface area contributed by atoms with Gasteiger partial charge < -0.3 is 4.57 Å². The van der Waals surface area contributed by atoms with Gasteiger partial charge >= 0.3 is 0 Å². The third-order valence-electron chi connectivity index (χ3n) is 3.63. The van der Waals surface area contributed by atoms with Crippen molar-refractivity contribution in [2.75, 3.05) is 0 Å². The first-order valence-corrected chi connectivity index (χ1v) is 8.80. The molecule has 22 heavy (non-hydrogen) atoms. The fourth-order valence-corrected chi connectivity index (χ4v) is 5.39. The van der Waals surface area contributed by atoms with Gasteiger partial charge in [-0.1, -0.05) is 60.7 Å². The predicted molar refractivity (Wildman–Crippen MR) is 90.5 cm³/mol. The molecule has 3 aromatic rings. The molecule has 3 rings (SSSR count). The third-order valence-corrected chi connectivity index (χ3v) is 6.67. The minimum Gasteiger partial charge on any atom is -0.309 e. The molecule has 0 atom stereocenters. The topological polar surface area (TPSA) is 17.1 Å². The van der Waals surface area contributed by atoms with Crippen molar-refractivity contribution >= 4 is 23.1 Å². The second-order valence-electron chi connectivity index (χ2n) is 5.27. The Kier molecular flexibility index (Phi) is 3.96. The molecule has 0 heterocycles. The molecule has 0 radical (unpaired) electrons. The van der Waals surface area contributed by atoms with Crippen LogP contribution in [0.15, 0.2) is 78.9 Å². The van der Waals surface area contributed by atoms with E-state index < -0.39 is 7.14 Å². The largest absolute Gasteiger partial charge is 0.309 e. The van der Waals surface area contributed by atoms with E-state index in [1.807, 2.05) is 73.7 Å². The van der Waals surface area contributed by atoms with Gasteiger partial charge in [-0.25, -0.2) is 4.39 Å². The van der Waals surface area contributed by atoms with Crippen molar-refractivity contribution in [1.29, 1.82) is 0 Å². The molecular weight excluding hydrogens is 294 g/mol. The summed E-state index contributed by atoms with van der Waals surface area (Å²) < 4.78 is 27.8. The highest BCUT2D eigenvalue weighted by Crippen LogP contribution is 2.42. The molecule has 0 aliphatic rings.